The number of hydrogen-bond acceptors (Lipinski definition) is 8. The van der Waals surface area contributed by atoms with Gasteiger partial charge < -0.3 is 29.6 Å². The molecule has 29 heavy (non-hydrogen) atoms. The zero-order valence-corrected chi connectivity index (χ0v) is 15.5. The van der Waals surface area contributed by atoms with E-state index in [1.54, 1.807) is 32.0 Å². The molecule has 0 fully saturated rings. The predicted octanol–water partition coefficient (Wildman–Crippen LogP) is 1.86. The summed E-state index contributed by atoms with van der Waals surface area (Å²) >= 11 is 0. The second-order valence-electron chi connectivity index (χ2n) is 6.87. The van der Waals surface area contributed by atoms with Gasteiger partial charge in [0, 0.05) is 17.8 Å². The number of nitrogens with zero attached hydrogens (tertiary/aromatic N) is 3. The van der Waals surface area contributed by atoms with Gasteiger partial charge in [-0.15, -0.1) is 0 Å². The van der Waals surface area contributed by atoms with Gasteiger partial charge in [-0.3, -0.25) is 14.5 Å². The Morgan fingerprint density at radius 3 is 2.72 bits per heavy atom. The Morgan fingerprint density at radius 2 is 1.97 bits per heavy atom. The standard InChI is InChI=1S/C18H16N4O7/c1-18(2)17(24)21(16-12(29-18)5-6-14(20-16)22(25)26)8-15(23)19-10-3-4-11-13(7-10)28-9-27-11/h3-7H,8-9H2,1-2H3,(H,19,23). The maximum Gasteiger partial charge on any atom is 0.366 e. The number of ether oxygens (including phenoxy) is 3. The van der Waals surface area contributed by atoms with Crippen LogP contribution in [0.5, 0.6) is 17.2 Å². The molecule has 11 nitrogen and oxygen atoms in total. The minimum atomic E-state index is -1.26. The zero-order chi connectivity index (χ0) is 20.8. The van der Waals surface area contributed by atoms with Crippen molar-refractivity contribution in [2.24, 2.45) is 0 Å². The van der Waals surface area contributed by atoms with Gasteiger partial charge >= 0.3 is 5.82 Å². The summed E-state index contributed by atoms with van der Waals surface area (Å²) < 4.78 is 16.1. The fourth-order valence-corrected chi connectivity index (χ4v) is 3.01. The molecular weight excluding hydrogens is 384 g/mol. The summed E-state index contributed by atoms with van der Waals surface area (Å²) in [6.45, 7) is 2.79. The van der Waals surface area contributed by atoms with Crippen molar-refractivity contribution in [2.45, 2.75) is 19.4 Å². The number of fused-ring (bicyclic) bond motifs is 2. The highest BCUT2D eigenvalue weighted by atomic mass is 16.7. The average molecular weight is 400 g/mol. The van der Waals surface area contributed by atoms with Crippen molar-refractivity contribution in [3.8, 4) is 17.2 Å². The van der Waals surface area contributed by atoms with Gasteiger partial charge in [0.05, 0.1) is 0 Å². The Hall–Kier alpha value is -3.89. The maximum absolute atomic E-state index is 12.8. The molecule has 2 aliphatic rings. The molecule has 0 spiro atoms. The van der Waals surface area contributed by atoms with Crippen LogP contribution in [-0.2, 0) is 9.59 Å². The number of rotatable bonds is 4. The van der Waals surface area contributed by atoms with Gasteiger partial charge in [-0.05, 0) is 42.0 Å². The van der Waals surface area contributed by atoms with Crippen LogP contribution in [-0.4, -0.2) is 40.7 Å². The summed E-state index contributed by atoms with van der Waals surface area (Å²) in [7, 11) is 0. The van der Waals surface area contributed by atoms with Crippen LogP contribution >= 0.6 is 0 Å². The molecule has 1 N–H and O–H groups in total. The third-order valence-corrected chi connectivity index (χ3v) is 4.35. The van der Waals surface area contributed by atoms with Crippen LogP contribution in [0.25, 0.3) is 0 Å². The second kappa shape index (κ2) is 6.62. The molecule has 2 aliphatic heterocycles. The number of amides is 2. The topological polar surface area (TPSA) is 133 Å². The molecule has 0 saturated heterocycles. The van der Waals surface area contributed by atoms with Crippen molar-refractivity contribution >= 4 is 29.1 Å². The molecule has 1 aromatic heterocycles. The molecule has 4 rings (SSSR count). The Balaban J connectivity index is 1.59. The lowest BCUT2D eigenvalue weighted by Gasteiger charge is -2.35. The van der Waals surface area contributed by atoms with Gasteiger partial charge in [-0.25, -0.2) is 0 Å². The quantitative estimate of drug-likeness (QED) is 0.607. The molecule has 0 bridgehead atoms. The number of nitro groups is 1. The van der Waals surface area contributed by atoms with Crippen molar-refractivity contribution in [3.05, 3.63) is 40.4 Å². The lowest BCUT2D eigenvalue weighted by molar-refractivity contribution is -0.389. The average Bonchev–Trinajstić information content (AvgIpc) is 3.12. The summed E-state index contributed by atoms with van der Waals surface area (Å²) in [4.78, 5) is 40.7. The summed E-state index contributed by atoms with van der Waals surface area (Å²) in [5, 5.41) is 13.7. The Kier molecular flexibility index (Phi) is 4.22. The van der Waals surface area contributed by atoms with Crippen molar-refractivity contribution < 1.29 is 28.7 Å². The first-order valence-corrected chi connectivity index (χ1v) is 8.60. The first-order valence-electron chi connectivity index (χ1n) is 8.60. The van der Waals surface area contributed by atoms with E-state index in [1.165, 1.54) is 12.1 Å². The van der Waals surface area contributed by atoms with Crippen molar-refractivity contribution in [3.63, 3.8) is 0 Å². The summed E-state index contributed by atoms with van der Waals surface area (Å²) in [6, 6.07) is 7.42. The molecular formula is C18H16N4O7. The van der Waals surface area contributed by atoms with Crippen molar-refractivity contribution in [1.29, 1.82) is 0 Å². The smallest absolute Gasteiger partial charge is 0.366 e. The summed E-state index contributed by atoms with van der Waals surface area (Å²) in [6.07, 6.45) is 0. The van der Waals surface area contributed by atoms with Crippen LogP contribution in [0.4, 0.5) is 17.3 Å². The van der Waals surface area contributed by atoms with Crippen molar-refractivity contribution in [2.75, 3.05) is 23.6 Å². The van der Waals surface area contributed by atoms with Gasteiger partial charge in [-0.2, -0.15) is 0 Å². The van der Waals surface area contributed by atoms with Gasteiger partial charge in [0.1, 0.15) is 6.54 Å². The molecule has 0 unspecified atom stereocenters. The number of anilines is 2. The molecule has 0 saturated carbocycles. The number of nitrogens with one attached hydrogen (secondary N) is 1. The highest BCUT2D eigenvalue weighted by Gasteiger charge is 2.45. The van der Waals surface area contributed by atoms with Crippen molar-refractivity contribution in [1.82, 2.24) is 4.98 Å². The molecule has 2 amide bonds. The molecule has 0 aliphatic carbocycles. The van der Waals surface area contributed by atoms with Gasteiger partial charge in [0.15, 0.2) is 22.8 Å². The van der Waals surface area contributed by atoms with E-state index in [0.29, 0.717) is 17.2 Å². The van der Waals surface area contributed by atoms with E-state index in [0.717, 1.165) is 4.90 Å². The van der Waals surface area contributed by atoms with Crippen LogP contribution in [0.1, 0.15) is 13.8 Å². The molecule has 0 radical (unpaired) electrons. The maximum atomic E-state index is 12.8. The minimum Gasteiger partial charge on any atom is -0.472 e. The lowest BCUT2D eigenvalue weighted by atomic mass is 10.1. The number of benzene rings is 1. The van der Waals surface area contributed by atoms with E-state index < -0.39 is 34.7 Å². The molecule has 2 aromatic rings. The van der Waals surface area contributed by atoms with Gasteiger partial charge in [0.25, 0.3) is 11.7 Å². The predicted molar refractivity (Wildman–Crippen MR) is 99.1 cm³/mol. The fourth-order valence-electron chi connectivity index (χ4n) is 3.01. The normalized spacial score (nSPS) is 16.1. The highest BCUT2D eigenvalue weighted by Crippen LogP contribution is 2.38. The first-order chi connectivity index (χ1) is 13.7. The SMILES string of the molecule is CC1(C)Oc2ccc([N+](=O)[O-])nc2N(CC(=O)Nc2ccc3c(c2)OCO3)C1=O. The Labute approximate surface area is 164 Å². The third-order valence-electron chi connectivity index (χ3n) is 4.35. The number of aromatic nitrogens is 1. The number of pyridine rings is 1. The van der Waals surface area contributed by atoms with E-state index in [2.05, 4.69) is 10.3 Å². The highest BCUT2D eigenvalue weighted by molar-refractivity contribution is 6.07. The van der Waals surface area contributed by atoms with E-state index in [1.807, 2.05) is 0 Å². The van der Waals surface area contributed by atoms with E-state index in [4.69, 9.17) is 14.2 Å². The van der Waals surface area contributed by atoms with Gasteiger partial charge in [-0.1, -0.05) is 0 Å². The van der Waals surface area contributed by atoms with Crippen LogP contribution in [0.2, 0.25) is 0 Å². The largest absolute Gasteiger partial charge is 0.472 e. The second-order valence-corrected chi connectivity index (χ2v) is 6.87. The van der Waals surface area contributed by atoms with Gasteiger partial charge in [0.2, 0.25) is 12.7 Å². The van der Waals surface area contributed by atoms with E-state index in [-0.39, 0.29) is 18.4 Å². The molecule has 3 heterocycles. The fraction of sp³-hybridized carbons (Fsp3) is 0.278. The summed E-state index contributed by atoms with van der Waals surface area (Å²) in [5.41, 5.74) is -0.810. The molecule has 150 valence electrons. The van der Waals surface area contributed by atoms with E-state index >= 15 is 0 Å². The number of carbonyl (C=O) groups is 2. The molecule has 11 heteroatoms. The van der Waals surface area contributed by atoms with Crippen LogP contribution in [0.3, 0.4) is 0 Å². The number of carbonyl (C=O) groups excluding carboxylic acids is 2. The van der Waals surface area contributed by atoms with E-state index in [9.17, 15) is 19.7 Å². The first kappa shape index (κ1) is 18.5. The molecule has 0 atom stereocenters. The van der Waals surface area contributed by atoms with Crippen LogP contribution < -0.4 is 24.4 Å². The minimum absolute atomic E-state index is 0.0793. The summed E-state index contributed by atoms with van der Waals surface area (Å²) in [5.74, 6) is -0.359. The van der Waals surface area contributed by atoms with Crippen LogP contribution in [0.15, 0.2) is 30.3 Å². The Morgan fingerprint density at radius 1 is 1.24 bits per heavy atom. The zero-order valence-electron chi connectivity index (χ0n) is 15.5. The lowest BCUT2D eigenvalue weighted by Crippen LogP contribution is -2.54. The third kappa shape index (κ3) is 3.37. The number of hydrogen-bond donors (Lipinski definition) is 1. The molecule has 1 aromatic carbocycles. The van der Waals surface area contributed by atoms with Crippen LogP contribution in [0, 0.1) is 10.1 Å². The Bertz CT molecular complexity index is 1040. The monoisotopic (exact) mass is 400 g/mol.